The molecule has 0 aromatic heterocycles. The summed E-state index contributed by atoms with van der Waals surface area (Å²) in [4.78, 5) is 11.7. The van der Waals surface area contributed by atoms with Crippen LogP contribution in [0.3, 0.4) is 0 Å². The Kier molecular flexibility index (Phi) is 11.6. The monoisotopic (exact) mass is 718 g/mol. The highest BCUT2D eigenvalue weighted by Crippen LogP contribution is 2.77. The Balaban J connectivity index is 1.46. The molecule has 0 spiro atoms. The van der Waals surface area contributed by atoms with Crippen LogP contribution in [0.1, 0.15) is 33.4 Å². The van der Waals surface area contributed by atoms with Crippen LogP contribution in [0.15, 0.2) is 146 Å². The van der Waals surface area contributed by atoms with E-state index in [1.54, 1.807) is 97.1 Å². The molecule has 6 rings (SSSR count). The SMILES string of the molecule is O=P(O)(OCc1ccccc1)N1Cc2ccccc2CN(P(=O)(OCc2ccccc2)OCc2ccccc2)P1(=O)OCc1ccccc1. The van der Waals surface area contributed by atoms with E-state index in [1.165, 1.54) is 0 Å². The maximum absolute atomic E-state index is 15.8. The summed E-state index contributed by atoms with van der Waals surface area (Å²) in [6, 6.07) is 43.1. The number of hydrogen-bond acceptors (Lipinski definition) is 7. The molecular formula is C36H37N2O8P3. The molecule has 0 fully saturated rings. The van der Waals surface area contributed by atoms with Gasteiger partial charge in [0.25, 0.3) is 0 Å². The molecule has 1 N–H and O–H groups in total. The fraction of sp³-hybridized carbons (Fsp3) is 0.167. The first-order valence-corrected chi connectivity index (χ1v) is 20.2. The number of nitrogens with zero attached hydrogens (tertiary/aromatic N) is 2. The molecule has 2 unspecified atom stereocenters. The predicted octanol–water partition coefficient (Wildman–Crippen LogP) is 9.49. The van der Waals surface area contributed by atoms with Gasteiger partial charge in [-0.25, -0.2) is 9.13 Å². The molecule has 1 aliphatic rings. The zero-order valence-corrected chi connectivity index (χ0v) is 29.3. The van der Waals surface area contributed by atoms with E-state index in [4.69, 9.17) is 18.1 Å². The topological polar surface area (TPSA) is 115 Å². The quantitative estimate of drug-likeness (QED) is 0.111. The number of hydrogen-bond donors (Lipinski definition) is 1. The van der Waals surface area contributed by atoms with Crippen molar-refractivity contribution in [3.05, 3.63) is 179 Å². The van der Waals surface area contributed by atoms with Gasteiger partial charge in [-0.05, 0) is 33.4 Å². The van der Waals surface area contributed by atoms with Gasteiger partial charge in [-0.1, -0.05) is 146 Å². The number of rotatable bonds is 14. The number of benzene rings is 5. The van der Waals surface area contributed by atoms with Gasteiger partial charge in [-0.15, -0.1) is 8.88 Å². The lowest BCUT2D eigenvalue weighted by molar-refractivity contribution is 0.147. The average Bonchev–Trinajstić information content (AvgIpc) is 3.28. The third kappa shape index (κ3) is 8.82. The molecule has 5 aromatic carbocycles. The van der Waals surface area contributed by atoms with Gasteiger partial charge in [0.1, 0.15) is 0 Å². The van der Waals surface area contributed by atoms with Crippen molar-refractivity contribution < 1.29 is 36.7 Å². The predicted molar refractivity (Wildman–Crippen MR) is 187 cm³/mol. The second kappa shape index (κ2) is 16.0. The van der Waals surface area contributed by atoms with Gasteiger partial charge in [0.15, 0.2) is 0 Å². The molecule has 49 heavy (non-hydrogen) atoms. The van der Waals surface area contributed by atoms with Gasteiger partial charge in [0, 0.05) is 13.1 Å². The van der Waals surface area contributed by atoms with Crippen molar-refractivity contribution >= 4 is 23.2 Å². The van der Waals surface area contributed by atoms with Crippen LogP contribution in [0, 0.1) is 0 Å². The van der Waals surface area contributed by atoms with Gasteiger partial charge in [0.2, 0.25) is 0 Å². The van der Waals surface area contributed by atoms with Crippen molar-refractivity contribution in [1.29, 1.82) is 0 Å². The van der Waals surface area contributed by atoms with E-state index < -0.39 is 23.2 Å². The van der Waals surface area contributed by atoms with Gasteiger partial charge in [-0.3, -0.25) is 18.1 Å². The molecular weight excluding hydrogens is 681 g/mol. The molecule has 5 aromatic rings. The first-order chi connectivity index (χ1) is 23.8. The molecule has 0 radical (unpaired) electrons. The summed E-state index contributed by atoms with van der Waals surface area (Å²) >= 11 is 0. The molecule has 0 amide bonds. The number of fused-ring (bicyclic) bond motifs is 1. The van der Waals surface area contributed by atoms with E-state index in [9.17, 15) is 9.46 Å². The highest BCUT2D eigenvalue weighted by molar-refractivity contribution is 7.74. The van der Waals surface area contributed by atoms with Crippen LogP contribution in [-0.2, 0) is 71.3 Å². The summed E-state index contributed by atoms with van der Waals surface area (Å²) in [6.45, 7) is -1.36. The van der Waals surface area contributed by atoms with Crippen molar-refractivity contribution in [1.82, 2.24) is 8.88 Å². The summed E-state index contributed by atoms with van der Waals surface area (Å²) in [5.41, 5.74) is 3.83. The van der Waals surface area contributed by atoms with Crippen molar-refractivity contribution in [2.75, 3.05) is 0 Å². The van der Waals surface area contributed by atoms with Gasteiger partial charge in [0.05, 0.1) is 26.4 Å². The van der Waals surface area contributed by atoms with Crippen LogP contribution in [0.25, 0.3) is 0 Å². The third-order valence-corrected chi connectivity index (χ3v) is 15.3. The molecule has 0 saturated heterocycles. The van der Waals surface area contributed by atoms with E-state index in [-0.39, 0.29) is 39.5 Å². The van der Waals surface area contributed by atoms with Crippen molar-refractivity contribution in [3.8, 4) is 0 Å². The Hall–Kier alpha value is -3.49. The summed E-state index contributed by atoms with van der Waals surface area (Å²) in [6.07, 6.45) is 0. The lowest BCUT2D eigenvalue weighted by atomic mass is 10.1. The van der Waals surface area contributed by atoms with Crippen molar-refractivity contribution in [2.24, 2.45) is 0 Å². The van der Waals surface area contributed by atoms with Crippen LogP contribution in [0.4, 0.5) is 0 Å². The maximum Gasteiger partial charge on any atom is 0.417 e. The largest absolute Gasteiger partial charge is 0.417 e. The molecule has 0 bridgehead atoms. The fourth-order valence-electron chi connectivity index (χ4n) is 5.22. The van der Waals surface area contributed by atoms with Gasteiger partial charge >= 0.3 is 23.2 Å². The zero-order valence-electron chi connectivity index (χ0n) is 26.6. The second-order valence-electron chi connectivity index (χ2n) is 11.3. The molecule has 2 atom stereocenters. The summed E-state index contributed by atoms with van der Waals surface area (Å²) in [5.74, 6) is 0. The Morgan fingerprint density at radius 1 is 0.510 bits per heavy atom. The fourth-order valence-corrected chi connectivity index (χ4v) is 12.6. The van der Waals surface area contributed by atoms with Crippen molar-refractivity contribution in [3.63, 3.8) is 0 Å². The average molecular weight is 719 g/mol. The molecule has 0 aliphatic carbocycles. The van der Waals surface area contributed by atoms with E-state index in [0.717, 1.165) is 8.88 Å². The van der Waals surface area contributed by atoms with Crippen LogP contribution >= 0.6 is 23.2 Å². The minimum atomic E-state index is -4.95. The minimum absolute atomic E-state index is 0.162. The zero-order chi connectivity index (χ0) is 34.2. The Bertz CT molecular complexity index is 1910. The second-order valence-corrected chi connectivity index (χ2v) is 17.8. The summed E-state index contributed by atoms with van der Waals surface area (Å²) in [7, 11) is -14.4. The molecule has 1 heterocycles. The first-order valence-electron chi connectivity index (χ1n) is 15.7. The normalized spacial score (nSPS) is 18.3. The van der Waals surface area contributed by atoms with Crippen LogP contribution in [0.2, 0.25) is 0 Å². The highest BCUT2D eigenvalue weighted by Gasteiger charge is 2.57. The van der Waals surface area contributed by atoms with E-state index in [2.05, 4.69) is 0 Å². The van der Waals surface area contributed by atoms with E-state index in [1.807, 2.05) is 48.5 Å². The lowest BCUT2D eigenvalue weighted by Crippen LogP contribution is -2.29. The minimum Gasteiger partial charge on any atom is -0.312 e. The Morgan fingerprint density at radius 2 is 0.857 bits per heavy atom. The van der Waals surface area contributed by atoms with E-state index in [0.29, 0.717) is 33.4 Å². The molecule has 10 nitrogen and oxygen atoms in total. The van der Waals surface area contributed by atoms with E-state index >= 15 is 9.13 Å². The third-order valence-electron chi connectivity index (χ3n) is 7.86. The molecule has 13 heteroatoms. The smallest absolute Gasteiger partial charge is 0.312 e. The van der Waals surface area contributed by atoms with Crippen LogP contribution in [0.5, 0.6) is 0 Å². The molecule has 1 aliphatic heterocycles. The van der Waals surface area contributed by atoms with Crippen LogP contribution in [-0.4, -0.2) is 13.8 Å². The first kappa shape index (κ1) is 35.3. The molecule has 254 valence electrons. The summed E-state index contributed by atoms with van der Waals surface area (Å²) < 4.78 is 71.5. The Labute approximate surface area is 286 Å². The summed E-state index contributed by atoms with van der Waals surface area (Å²) in [5, 5.41) is 0. The Morgan fingerprint density at radius 3 is 1.29 bits per heavy atom. The molecule has 0 saturated carbocycles. The standard InChI is InChI=1S/C36H37N2O8P3/c39-47(43-27-31-15-5-1-6-16-31)37(48(40,41)44-28-32-17-7-2-8-18-32)25-35-23-13-14-24-36(35)26-38(47)49(42,45-29-33-19-9-3-10-20-33)46-30-34-21-11-4-12-22-34/h1-24H,25-30H2,(H,40,41). The van der Waals surface area contributed by atoms with Gasteiger partial charge < -0.3 is 9.42 Å². The highest BCUT2D eigenvalue weighted by atomic mass is 31.3. The maximum atomic E-state index is 15.8. The van der Waals surface area contributed by atoms with Crippen molar-refractivity contribution in [2.45, 2.75) is 39.5 Å². The van der Waals surface area contributed by atoms with Gasteiger partial charge in [-0.2, -0.15) is 0 Å². The lowest BCUT2D eigenvalue weighted by Gasteiger charge is -2.39. The van der Waals surface area contributed by atoms with Crippen LogP contribution < -0.4 is 0 Å².